The van der Waals surface area contributed by atoms with Crippen molar-refractivity contribution in [3.8, 4) is 5.75 Å². The number of ketones is 1. The number of aryl methyl sites for hydroxylation is 3. The summed E-state index contributed by atoms with van der Waals surface area (Å²) in [6, 6.07) is 11.3. The Morgan fingerprint density at radius 2 is 1.83 bits per heavy atom. The number of Topliss-reactive ketones (excluding diaryl/α,β-unsaturated/α-hetero) is 1. The van der Waals surface area contributed by atoms with Crippen molar-refractivity contribution in [2.75, 3.05) is 7.11 Å². The van der Waals surface area contributed by atoms with Crippen LogP contribution in [0.25, 0.3) is 0 Å². The molecule has 0 saturated carbocycles. The Kier molecular flexibility index (Phi) is 5.74. The van der Waals surface area contributed by atoms with Crippen molar-refractivity contribution >= 4 is 11.8 Å². The van der Waals surface area contributed by atoms with E-state index in [0.29, 0.717) is 5.56 Å². The van der Waals surface area contributed by atoms with Gasteiger partial charge in [0.2, 0.25) is 0 Å². The van der Waals surface area contributed by atoms with Crippen molar-refractivity contribution in [3.63, 3.8) is 0 Å². The zero-order chi connectivity index (χ0) is 17.7. The highest BCUT2D eigenvalue weighted by molar-refractivity contribution is 6.41. The lowest BCUT2D eigenvalue weighted by molar-refractivity contribution is -0.135. The molecule has 0 spiro atoms. The molecule has 0 amide bonds. The molecule has 4 heteroatoms. The van der Waals surface area contributed by atoms with Crippen LogP contribution in [-0.2, 0) is 22.6 Å². The minimum atomic E-state index is -0.865. The van der Waals surface area contributed by atoms with Gasteiger partial charge in [0.05, 0.1) is 7.11 Å². The van der Waals surface area contributed by atoms with Crippen LogP contribution in [-0.4, -0.2) is 18.9 Å². The predicted molar refractivity (Wildman–Crippen MR) is 92.4 cm³/mol. The fourth-order valence-electron chi connectivity index (χ4n) is 2.66. The summed E-state index contributed by atoms with van der Waals surface area (Å²) in [4.78, 5) is 23.9. The van der Waals surface area contributed by atoms with Gasteiger partial charge in [-0.3, -0.25) is 4.79 Å². The second kappa shape index (κ2) is 7.77. The minimum Gasteiger partial charge on any atom is -0.489 e. The summed E-state index contributed by atoms with van der Waals surface area (Å²) in [6.07, 6.45) is 0.744. The van der Waals surface area contributed by atoms with Crippen molar-refractivity contribution < 1.29 is 19.1 Å². The van der Waals surface area contributed by atoms with E-state index in [1.54, 1.807) is 12.1 Å². The zero-order valence-electron chi connectivity index (χ0n) is 14.5. The molecule has 0 bridgehead atoms. The second-order valence-corrected chi connectivity index (χ2v) is 5.68. The highest BCUT2D eigenvalue weighted by Crippen LogP contribution is 2.23. The average Bonchev–Trinajstić information content (AvgIpc) is 2.59. The molecule has 0 heterocycles. The Bertz CT molecular complexity index is 762. The van der Waals surface area contributed by atoms with Crippen molar-refractivity contribution in [2.24, 2.45) is 0 Å². The maximum absolute atomic E-state index is 12.3. The molecule has 0 aliphatic rings. The smallest absolute Gasteiger partial charge is 0.379 e. The quantitative estimate of drug-likeness (QED) is 0.460. The average molecular weight is 326 g/mol. The van der Waals surface area contributed by atoms with Gasteiger partial charge in [-0.15, -0.1) is 0 Å². The van der Waals surface area contributed by atoms with E-state index < -0.39 is 11.8 Å². The summed E-state index contributed by atoms with van der Waals surface area (Å²) in [6.45, 7) is 6.24. The molecule has 2 rings (SSSR count). The van der Waals surface area contributed by atoms with Crippen LogP contribution in [0.4, 0.5) is 0 Å². The molecule has 2 aromatic carbocycles. The molecule has 0 saturated heterocycles. The number of ether oxygens (including phenoxy) is 2. The molecule has 24 heavy (non-hydrogen) atoms. The first-order valence-corrected chi connectivity index (χ1v) is 7.91. The molecule has 0 atom stereocenters. The van der Waals surface area contributed by atoms with Crippen LogP contribution in [0.5, 0.6) is 5.75 Å². The van der Waals surface area contributed by atoms with Crippen LogP contribution < -0.4 is 4.74 Å². The van der Waals surface area contributed by atoms with Gasteiger partial charge in [-0.1, -0.05) is 42.8 Å². The largest absolute Gasteiger partial charge is 0.489 e. The first-order chi connectivity index (χ1) is 11.5. The van der Waals surface area contributed by atoms with Crippen molar-refractivity contribution in [1.82, 2.24) is 0 Å². The summed E-state index contributed by atoms with van der Waals surface area (Å²) in [7, 11) is 1.20. The number of rotatable bonds is 6. The molecule has 0 aliphatic carbocycles. The molecule has 0 aliphatic heterocycles. The third kappa shape index (κ3) is 3.82. The van der Waals surface area contributed by atoms with Crippen LogP contribution in [0.15, 0.2) is 36.4 Å². The lowest BCUT2D eigenvalue weighted by Crippen LogP contribution is -2.19. The number of carbonyl (C=O) groups excluding carboxylic acids is 2. The molecule has 0 fully saturated rings. The summed E-state index contributed by atoms with van der Waals surface area (Å²) in [5, 5.41) is 0. The number of methoxy groups -OCH3 is 1. The third-order valence-corrected chi connectivity index (χ3v) is 3.97. The second-order valence-electron chi connectivity index (χ2n) is 5.68. The first kappa shape index (κ1) is 17.7. The summed E-state index contributed by atoms with van der Waals surface area (Å²) in [5.74, 6) is -0.744. The van der Waals surface area contributed by atoms with E-state index >= 15 is 0 Å². The van der Waals surface area contributed by atoms with Gasteiger partial charge < -0.3 is 9.47 Å². The van der Waals surface area contributed by atoms with Crippen molar-refractivity contribution in [1.29, 1.82) is 0 Å². The number of carbonyl (C=O) groups is 2. The van der Waals surface area contributed by atoms with Crippen LogP contribution in [0.2, 0.25) is 0 Å². The number of hydrogen-bond donors (Lipinski definition) is 0. The summed E-state index contributed by atoms with van der Waals surface area (Å²) >= 11 is 0. The Balaban J connectivity index is 2.34. The monoisotopic (exact) mass is 326 g/mol. The summed E-state index contributed by atoms with van der Waals surface area (Å²) < 4.78 is 10.5. The molecule has 2 aromatic rings. The molecule has 0 N–H and O–H groups in total. The predicted octanol–water partition coefficient (Wildman–Crippen LogP) is 3.80. The third-order valence-electron chi connectivity index (χ3n) is 3.97. The fourth-order valence-corrected chi connectivity index (χ4v) is 2.66. The van der Waals surface area contributed by atoms with Gasteiger partial charge in [0.1, 0.15) is 12.4 Å². The van der Waals surface area contributed by atoms with E-state index in [9.17, 15) is 9.59 Å². The Labute approximate surface area is 142 Å². The first-order valence-electron chi connectivity index (χ1n) is 7.91. The molecule has 0 unspecified atom stereocenters. The van der Waals surface area contributed by atoms with E-state index in [1.165, 1.54) is 7.11 Å². The molecule has 0 radical (unpaired) electrons. The zero-order valence-corrected chi connectivity index (χ0v) is 14.5. The summed E-state index contributed by atoms with van der Waals surface area (Å²) in [5.41, 5.74) is 4.25. The fraction of sp³-hybridized carbons (Fsp3) is 0.300. The SMILES string of the molecule is CCc1cccc(C(=O)C(=O)OC)c1COc1ccc(C)cc1C. The lowest BCUT2D eigenvalue weighted by atomic mass is 9.97. The van der Waals surface area contributed by atoms with Gasteiger partial charge in [0, 0.05) is 11.1 Å². The van der Waals surface area contributed by atoms with Gasteiger partial charge in [0.25, 0.3) is 5.78 Å². The highest BCUT2D eigenvalue weighted by Gasteiger charge is 2.22. The van der Waals surface area contributed by atoms with Crippen LogP contribution in [0.3, 0.4) is 0 Å². The van der Waals surface area contributed by atoms with Gasteiger partial charge in [0.15, 0.2) is 0 Å². The van der Waals surface area contributed by atoms with Gasteiger partial charge >= 0.3 is 5.97 Å². The number of esters is 1. The molecule has 4 nitrogen and oxygen atoms in total. The van der Waals surface area contributed by atoms with E-state index in [0.717, 1.165) is 34.4 Å². The van der Waals surface area contributed by atoms with Gasteiger partial charge in [-0.2, -0.15) is 0 Å². The maximum Gasteiger partial charge on any atom is 0.379 e. The van der Waals surface area contributed by atoms with Gasteiger partial charge in [-0.05, 0) is 37.5 Å². The number of hydrogen-bond acceptors (Lipinski definition) is 4. The number of benzene rings is 2. The molecule has 126 valence electrons. The minimum absolute atomic E-state index is 0.228. The van der Waals surface area contributed by atoms with E-state index in [1.807, 2.05) is 45.0 Å². The maximum atomic E-state index is 12.3. The standard InChI is InChI=1S/C20H22O4/c1-5-15-7-6-8-16(19(21)20(22)23-4)17(15)12-24-18-10-9-13(2)11-14(18)3/h6-11H,5,12H2,1-4H3. The normalized spacial score (nSPS) is 10.3. The Hall–Kier alpha value is -2.62. The van der Waals surface area contributed by atoms with Gasteiger partial charge in [-0.25, -0.2) is 4.79 Å². The van der Waals surface area contributed by atoms with E-state index in [-0.39, 0.29) is 6.61 Å². The van der Waals surface area contributed by atoms with Crippen molar-refractivity contribution in [3.05, 3.63) is 64.2 Å². The van der Waals surface area contributed by atoms with Crippen LogP contribution >= 0.6 is 0 Å². The van der Waals surface area contributed by atoms with E-state index in [2.05, 4.69) is 4.74 Å². The van der Waals surface area contributed by atoms with Crippen LogP contribution in [0.1, 0.15) is 39.5 Å². The van der Waals surface area contributed by atoms with Crippen LogP contribution in [0, 0.1) is 13.8 Å². The van der Waals surface area contributed by atoms with E-state index in [4.69, 9.17) is 4.74 Å². The lowest BCUT2D eigenvalue weighted by Gasteiger charge is -2.15. The Morgan fingerprint density at radius 1 is 1.08 bits per heavy atom. The highest BCUT2D eigenvalue weighted by atomic mass is 16.5. The molecular weight excluding hydrogens is 304 g/mol. The molecule has 0 aromatic heterocycles. The van der Waals surface area contributed by atoms with Crippen molar-refractivity contribution in [2.45, 2.75) is 33.8 Å². The Morgan fingerprint density at radius 3 is 2.46 bits per heavy atom. The molecular formula is C20H22O4. The topological polar surface area (TPSA) is 52.6 Å².